The van der Waals surface area contributed by atoms with Crippen LogP contribution in [0.1, 0.15) is 5.56 Å². The van der Waals surface area contributed by atoms with Gasteiger partial charge in [0, 0.05) is 24.3 Å². The predicted octanol–water partition coefficient (Wildman–Crippen LogP) is 2.35. The lowest BCUT2D eigenvalue weighted by molar-refractivity contribution is -0.118. The second-order valence-corrected chi connectivity index (χ2v) is 8.77. The highest BCUT2D eigenvalue weighted by Gasteiger charge is 2.40. The summed E-state index contributed by atoms with van der Waals surface area (Å²) < 4.78 is 10.5. The predicted molar refractivity (Wildman–Crippen MR) is 130 cm³/mol. The molecule has 3 heterocycles. The largest absolute Gasteiger partial charge is 0.497 e. The number of carbonyl (C=O) groups excluding carboxylic acids is 3. The number of hydrogen-bond donors (Lipinski definition) is 1. The smallest absolute Gasteiger partial charge is 0.287 e. The Hall–Kier alpha value is -3.63. The maximum atomic E-state index is 13.5. The maximum Gasteiger partial charge on any atom is 0.287 e. The normalized spacial score (nSPS) is 19.9. The van der Waals surface area contributed by atoms with E-state index in [1.807, 2.05) is 4.90 Å². The lowest BCUT2D eigenvalue weighted by Crippen LogP contribution is -2.38. The number of methoxy groups -OCH3 is 1. The van der Waals surface area contributed by atoms with Gasteiger partial charge in [0.05, 0.1) is 36.5 Å². The van der Waals surface area contributed by atoms with Gasteiger partial charge < -0.3 is 19.7 Å². The van der Waals surface area contributed by atoms with Crippen molar-refractivity contribution in [3.63, 3.8) is 0 Å². The number of morpholine rings is 1. The number of anilines is 2. The number of para-hydroxylation sites is 1. The number of ether oxygens (including phenoxy) is 2. The lowest BCUT2D eigenvalue weighted by Gasteiger charge is -2.27. The number of hydrogen-bond acceptors (Lipinski definition) is 7. The van der Waals surface area contributed by atoms with Crippen LogP contribution in [-0.4, -0.2) is 67.7 Å². The topological polar surface area (TPSA) is 101 Å². The fraction of sp³-hybridized carbons (Fsp3) is 0.250. The van der Waals surface area contributed by atoms with Gasteiger partial charge in [-0.05, 0) is 42.1 Å². The Balaban J connectivity index is 1.38. The molecule has 0 unspecified atom stereocenters. The van der Waals surface area contributed by atoms with Crippen LogP contribution in [0.15, 0.2) is 58.4 Å². The summed E-state index contributed by atoms with van der Waals surface area (Å²) in [6, 6.07) is 14.1. The molecule has 0 bridgehead atoms. The minimum absolute atomic E-state index is 0.186. The van der Waals surface area contributed by atoms with Gasteiger partial charge in [0.1, 0.15) is 12.3 Å². The van der Waals surface area contributed by atoms with E-state index in [4.69, 9.17) is 9.47 Å². The average Bonchev–Trinajstić information content (AvgIpc) is 3.37. The number of fused-ring (bicyclic) bond motifs is 1. The van der Waals surface area contributed by atoms with Crippen LogP contribution in [-0.2, 0) is 19.1 Å². The fourth-order valence-corrected chi connectivity index (χ4v) is 5.07. The number of nitrogens with zero attached hydrogens (tertiary/aromatic N) is 3. The molecule has 1 fully saturated rings. The summed E-state index contributed by atoms with van der Waals surface area (Å²) in [6.07, 6.45) is 0. The highest BCUT2D eigenvalue weighted by molar-refractivity contribution is 8.18. The van der Waals surface area contributed by atoms with Gasteiger partial charge in [-0.3, -0.25) is 19.3 Å². The van der Waals surface area contributed by atoms with Crippen molar-refractivity contribution in [2.75, 3.05) is 50.2 Å². The third kappa shape index (κ3) is 4.17. The van der Waals surface area contributed by atoms with Gasteiger partial charge in [0.15, 0.2) is 5.17 Å². The van der Waals surface area contributed by atoms with Gasteiger partial charge in [-0.2, -0.15) is 4.99 Å². The van der Waals surface area contributed by atoms with Crippen LogP contribution >= 0.6 is 11.8 Å². The maximum absolute atomic E-state index is 13.5. The number of nitrogens with one attached hydrogen (secondary N) is 1. The van der Waals surface area contributed by atoms with E-state index < -0.39 is 5.91 Å². The van der Waals surface area contributed by atoms with Crippen molar-refractivity contribution in [3.8, 4) is 5.75 Å². The van der Waals surface area contributed by atoms with E-state index in [-0.39, 0.29) is 28.8 Å². The Morgan fingerprint density at radius 3 is 2.59 bits per heavy atom. The summed E-state index contributed by atoms with van der Waals surface area (Å²) in [5, 5.41) is 3.38. The zero-order chi connectivity index (χ0) is 23.7. The van der Waals surface area contributed by atoms with Crippen LogP contribution in [0, 0.1) is 0 Å². The zero-order valence-electron chi connectivity index (χ0n) is 18.4. The van der Waals surface area contributed by atoms with Crippen LogP contribution in [0.3, 0.4) is 0 Å². The zero-order valence-corrected chi connectivity index (χ0v) is 19.3. The first-order chi connectivity index (χ1) is 16.5. The summed E-state index contributed by atoms with van der Waals surface area (Å²) in [7, 11) is 1.57. The van der Waals surface area contributed by atoms with Crippen LogP contribution in [0.4, 0.5) is 11.4 Å². The molecule has 174 valence electrons. The molecule has 5 rings (SSSR count). The van der Waals surface area contributed by atoms with Gasteiger partial charge in [-0.25, -0.2) is 0 Å². The monoisotopic (exact) mass is 478 g/mol. The molecule has 34 heavy (non-hydrogen) atoms. The Labute approximate surface area is 200 Å². The first-order valence-electron chi connectivity index (χ1n) is 10.8. The molecule has 2 aromatic rings. The fourth-order valence-electron chi connectivity index (χ4n) is 4.02. The number of rotatable bonds is 4. The third-order valence-corrected chi connectivity index (χ3v) is 6.81. The number of aliphatic imine (C=N–C) groups is 1. The average molecular weight is 479 g/mol. The van der Waals surface area contributed by atoms with Crippen molar-refractivity contribution in [2.24, 2.45) is 4.99 Å². The second kappa shape index (κ2) is 9.32. The summed E-state index contributed by atoms with van der Waals surface area (Å²) in [5.41, 5.74) is 2.09. The second-order valence-electron chi connectivity index (χ2n) is 7.79. The molecule has 3 aliphatic heterocycles. The Bertz CT molecular complexity index is 1220. The van der Waals surface area contributed by atoms with Crippen molar-refractivity contribution in [1.29, 1.82) is 0 Å². The molecule has 1 N–H and O–H groups in total. The molecule has 3 aliphatic rings. The first-order valence-corrected chi connectivity index (χ1v) is 11.6. The molecule has 3 amide bonds. The lowest BCUT2D eigenvalue weighted by atomic mass is 10.1. The van der Waals surface area contributed by atoms with Crippen molar-refractivity contribution in [1.82, 2.24) is 4.90 Å². The summed E-state index contributed by atoms with van der Waals surface area (Å²) in [5.74, 6) is -0.500. The SMILES string of the molecule is COc1ccc(NC(=O)CN2C(=O)C(=C3SC(N4CCOCC4)=NC3=O)c3ccccc32)cc1. The Kier molecular flexibility index (Phi) is 6.08. The van der Waals surface area contributed by atoms with Crippen molar-refractivity contribution < 1.29 is 23.9 Å². The summed E-state index contributed by atoms with van der Waals surface area (Å²) in [4.78, 5) is 46.9. The van der Waals surface area contributed by atoms with Gasteiger partial charge >= 0.3 is 0 Å². The molecule has 0 spiro atoms. The van der Waals surface area contributed by atoms with Crippen LogP contribution in [0.25, 0.3) is 5.57 Å². The van der Waals surface area contributed by atoms with Crippen LogP contribution in [0.5, 0.6) is 5.75 Å². The Morgan fingerprint density at radius 1 is 1.12 bits per heavy atom. The van der Waals surface area contributed by atoms with Crippen molar-refractivity contribution in [3.05, 3.63) is 59.0 Å². The molecule has 0 saturated carbocycles. The molecule has 0 aliphatic carbocycles. The van der Waals surface area contributed by atoms with E-state index in [9.17, 15) is 14.4 Å². The van der Waals surface area contributed by atoms with E-state index in [0.717, 1.165) is 0 Å². The molecule has 0 atom stereocenters. The molecule has 10 heteroatoms. The molecule has 0 aromatic heterocycles. The summed E-state index contributed by atoms with van der Waals surface area (Å²) >= 11 is 1.21. The molecule has 2 aromatic carbocycles. The minimum atomic E-state index is -0.436. The number of amides is 3. The summed E-state index contributed by atoms with van der Waals surface area (Å²) in [6.45, 7) is 2.24. The van der Waals surface area contributed by atoms with E-state index in [2.05, 4.69) is 10.3 Å². The van der Waals surface area contributed by atoms with E-state index in [0.29, 0.717) is 54.2 Å². The Morgan fingerprint density at radius 2 is 1.85 bits per heavy atom. The van der Waals surface area contributed by atoms with Gasteiger partial charge in [-0.1, -0.05) is 18.2 Å². The first kappa shape index (κ1) is 22.2. The molecule has 0 radical (unpaired) electrons. The van der Waals surface area contributed by atoms with Crippen molar-refractivity contribution >= 4 is 51.6 Å². The molecule has 9 nitrogen and oxygen atoms in total. The quantitative estimate of drug-likeness (QED) is 0.674. The number of thioether (sulfide) groups is 1. The van der Waals surface area contributed by atoms with Gasteiger partial charge in [0.25, 0.3) is 11.8 Å². The third-order valence-electron chi connectivity index (χ3n) is 5.69. The standard InChI is InChI=1S/C24H22N4O5S/c1-32-16-8-6-15(7-9-16)25-19(29)14-28-18-5-3-2-4-17(18)20(23(28)31)21-22(30)26-24(34-21)27-10-12-33-13-11-27/h2-9H,10-14H2,1H3,(H,25,29). The molecular weight excluding hydrogens is 456 g/mol. The van der Waals surface area contributed by atoms with Gasteiger partial charge in [0.2, 0.25) is 5.91 Å². The number of carbonyl (C=O) groups is 3. The highest BCUT2D eigenvalue weighted by Crippen LogP contribution is 2.43. The van der Waals surface area contributed by atoms with Crippen LogP contribution < -0.4 is 15.0 Å². The molecule has 1 saturated heterocycles. The van der Waals surface area contributed by atoms with E-state index in [1.54, 1.807) is 55.6 Å². The van der Waals surface area contributed by atoms with Gasteiger partial charge in [-0.15, -0.1) is 0 Å². The number of amidine groups is 1. The van der Waals surface area contributed by atoms with Crippen molar-refractivity contribution in [2.45, 2.75) is 0 Å². The number of benzene rings is 2. The van der Waals surface area contributed by atoms with E-state index in [1.165, 1.54) is 16.7 Å². The molecular formula is C24H22N4O5S. The highest BCUT2D eigenvalue weighted by atomic mass is 32.2. The van der Waals surface area contributed by atoms with E-state index >= 15 is 0 Å². The minimum Gasteiger partial charge on any atom is -0.497 e. The van der Waals surface area contributed by atoms with Crippen LogP contribution in [0.2, 0.25) is 0 Å².